The Morgan fingerprint density at radius 3 is 2.78 bits per heavy atom. The van der Waals surface area contributed by atoms with Gasteiger partial charge in [-0.05, 0) is 12.1 Å². The first-order chi connectivity index (χ1) is 8.63. The highest BCUT2D eigenvalue weighted by molar-refractivity contribution is 5.92. The van der Waals surface area contributed by atoms with Crippen LogP contribution in [0.5, 0.6) is 0 Å². The van der Waals surface area contributed by atoms with Gasteiger partial charge in [0, 0.05) is 13.6 Å². The minimum absolute atomic E-state index is 0.148. The summed E-state index contributed by atoms with van der Waals surface area (Å²) in [6, 6.07) is 3.37. The van der Waals surface area contributed by atoms with Crippen LogP contribution >= 0.6 is 0 Å². The third kappa shape index (κ3) is 4.79. The maximum Gasteiger partial charge on any atom is 0.269 e. The SMILES string of the molecule is CNc1ccc(C(=O)NCCOCC(N)=O)nc1. The third-order valence-corrected chi connectivity index (χ3v) is 2.06. The van der Waals surface area contributed by atoms with E-state index in [1.807, 2.05) is 0 Å². The number of rotatable bonds is 7. The Morgan fingerprint density at radius 1 is 1.44 bits per heavy atom. The Morgan fingerprint density at radius 2 is 2.22 bits per heavy atom. The van der Waals surface area contributed by atoms with Crippen LogP contribution in [0, 0.1) is 0 Å². The Labute approximate surface area is 105 Å². The normalized spacial score (nSPS) is 9.83. The number of primary amides is 1. The van der Waals surface area contributed by atoms with Crippen LogP contribution in [0.25, 0.3) is 0 Å². The summed E-state index contributed by atoms with van der Waals surface area (Å²) in [5.41, 5.74) is 6.04. The number of nitrogens with zero attached hydrogens (tertiary/aromatic N) is 1. The van der Waals surface area contributed by atoms with E-state index in [1.165, 1.54) is 0 Å². The Bertz CT molecular complexity index is 405. The molecule has 0 fully saturated rings. The van der Waals surface area contributed by atoms with Gasteiger partial charge in [-0.15, -0.1) is 0 Å². The number of pyridine rings is 1. The van der Waals surface area contributed by atoms with Gasteiger partial charge in [0.2, 0.25) is 5.91 Å². The van der Waals surface area contributed by atoms with Crippen molar-refractivity contribution in [1.29, 1.82) is 0 Å². The van der Waals surface area contributed by atoms with Crippen LogP contribution in [0.3, 0.4) is 0 Å². The predicted molar refractivity (Wildman–Crippen MR) is 66.1 cm³/mol. The van der Waals surface area contributed by atoms with Crippen LogP contribution in [-0.4, -0.2) is 43.6 Å². The van der Waals surface area contributed by atoms with Crippen molar-refractivity contribution in [2.75, 3.05) is 32.1 Å². The highest BCUT2D eigenvalue weighted by Crippen LogP contribution is 2.04. The second-order valence-corrected chi connectivity index (χ2v) is 3.46. The maximum absolute atomic E-state index is 11.6. The topological polar surface area (TPSA) is 106 Å². The Kier molecular flexibility index (Phi) is 5.59. The third-order valence-electron chi connectivity index (χ3n) is 2.06. The first-order valence-electron chi connectivity index (χ1n) is 5.41. The van der Waals surface area contributed by atoms with Crippen molar-refractivity contribution in [1.82, 2.24) is 10.3 Å². The molecule has 0 atom stereocenters. The largest absolute Gasteiger partial charge is 0.387 e. The number of nitrogens with one attached hydrogen (secondary N) is 2. The molecule has 0 bridgehead atoms. The molecule has 0 saturated carbocycles. The fraction of sp³-hybridized carbons (Fsp3) is 0.364. The lowest BCUT2D eigenvalue weighted by atomic mass is 10.3. The summed E-state index contributed by atoms with van der Waals surface area (Å²) in [5.74, 6) is -0.828. The first-order valence-corrected chi connectivity index (χ1v) is 5.41. The molecule has 4 N–H and O–H groups in total. The smallest absolute Gasteiger partial charge is 0.269 e. The van der Waals surface area contributed by atoms with E-state index in [2.05, 4.69) is 15.6 Å². The predicted octanol–water partition coefficient (Wildman–Crippen LogP) is -0.645. The van der Waals surface area contributed by atoms with Gasteiger partial charge >= 0.3 is 0 Å². The minimum atomic E-state index is -0.536. The molecule has 7 nitrogen and oxygen atoms in total. The van der Waals surface area contributed by atoms with Gasteiger partial charge in [-0.25, -0.2) is 4.98 Å². The minimum Gasteiger partial charge on any atom is -0.387 e. The number of hydrogen-bond acceptors (Lipinski definition) is 5. The van der Waals surface area contributed by atoms with Crippen molar-refractivity contribution in [2.24, 2.45) is 5.73 Å². The van der Waals surface area contributed by atoms with Crippen LogP contribution in [0.2, 0.25) is 0 Å². The van der Waals surface area contributed by atoms with Crippen LogP contribution in [0.4, 0.5) is 5.69 Å². The molecular formula is C11H16N4O3. The molecule has 98 valence electrons. The van der Waals surface area contributed by atoms with Gasteiger partial charge in [-0.2, -0.15) is 0 Å². The molecule has 0 aliphatic heterocycles. The zero-order chi connectivity index (χ0) is 13.4. The van der Waals surface area contributed by atoms with E-state index in [0.29, 0.717) is 12.2 Å². The van der Waals surface area contributed by atoms with Crippen LogP contribution < -0.4 is 16.4 Å². The molecule has 1 aromatic rings. The number of carbonyl (C=O) groups excluding carboxylic acids is 2. The molecule has 0 radical (unpaired) electrons. The van der Waals surface area contributed by atoms with E-state index in [-0.39, 0.29) is 19.1 Å². The van der Waals surface area contributed by atoms with Gasteiger partial charge in [0.1, 0.15) is 12.3 Å². The second-order valence-electron chi connectivity index (χ2n) is 3.46. The summed E-state index contributed by atoms with van der Waals surface area (Å²) >= 11 is 0. The summed E-state index contributed by atoms with van der Waals surface area (Å²) in [5, 5.41) is 5.52. The molecule has 0 aliphatic rings. The molecule has 2 amide bonds. The fourth-order valence-corrected chi connectivity index (χ4v) is 1.18. The summed E-state index contributed by atoms with van der Waals surface area (Å²) in [6.07, 6.45) is 1.57. The fourth-order valence-electron chi connectivity index (χ4n) is 1.18. The van der Waals surface area contributed by atoms with Gasteiger partial charge in [0.05, 0.1) is 18.5 Å². The number of nitrogens with two attached hydrogens (primary N) is 1. The zero-order valence-electron chi connectivity index (χ0n) is 10.1. The van der Waals surface area contributed by atoms with E-state index in [0.717, 1.165) is 5.69 Å². The van der Waals surface area contributed by atoms with Gasteiger partial charge in [-0.3, -0.25) is 9.59 Å². The molecule has 1 aromatic heterocycles. The number of carbonyl (C=O) groups is 2. The van der Waals surface area contributed by atoms with Crippen molar-refractivity contribution in [3.63, 3.8) is 0 Å². The molecule has 0 aliphatic carbocycles. The summed E-state index contributed by atoms with van der Waals surface area (Å²) < 4.78 is 4.90. The quantitative estimate of drug-likeness (QED) is 0.559. The van der Waals surface area contributed by atoms with Crippen LogP contribution in [0.1, 0.15) is 10.5 Å². The first kappa shape index (κ1) is 13.9. The van der Waals surface area contributed by atoms with E-state index < -0.39 is 5.91 Å². The molecule has 0 saturated heterocycles. The van der Waals surface area contributed by atoms with Crippen LogP contribution in [0.15, 0.2) is 18.3 Å². The standard InChI is InChI=1S/C11H16N4O3/c1-13-8-2-3-9(15-6-8)11(17)14-4-5-18-7-10(12)16/h2-3,6,13H,4-5,7H2,1H3,(H2,12,16)(H,14,17). The lowest BCUT2D eigenvalue weighted by Gasteiger charge is -2.05. The van der Waals surface area contributed by atoms with E-state index >= 15 is 0 Å². The highest BCUT2D eigenvalue weighted by atomic mass is 16.5. The average molecular weight is 252 g/mol. The molecule has 0 spiro atoms. The molecule has 18 heavy (non-hydrogen) atoms. The van der Waals surface area contributed by atoms with E-state index in [9.17, 15) is 9.59 Å². The summed E-state index contributed by atoms with van der Waals surface area (Å²) in [4.78, 5) is 26.0. The van der Waals surface area contributed by atoms with Gasteiger partial charge in [0.25, 0.3) is 5.91 Å². The Hall–Kier alpha value is -2.15. The average Bonchev–Trinajstić information content (AvgIpc) is 2.38. The van der Waals surface area contributed by atoms with E-state index in [4.69, 9.17) is 10.5 Å². The molecule has 0 aromatic carbocycles. The van der Waals surface area contributed by atoms with Crippen LogP contribution in [-0.2, 0) is 9.53 Å². The number of ether oxygens (including phenoxy) is 1. The van der Waals surface area contributed by atoms with Crippen molar-refractivity contribution in [3.05, 3.63) is 24.0 Å². The zero-order valence-corrected chi connectivity index (χ0v) is 10.1. The van der Waals surface area contributed by atoms with E-state index in [1.54, 1.807) is 25.4 Å². The van der Waals surface area contributed by atoms with Crippen molar-refractivity contribution in [2.45, 2.75) is 0 Å². The maximum atomic E-state index is 11.6. The number of amides is 2. The molecule has 1 heterocycles. The summed E-state index contributed by atoms with van der Waals surface area (Å²) in [6.45, 7) is 0.371. The van der Waals surface area contributed by atoms with Crippen molar-refractivity contribution >= 4 is 17.5 Å². The monoisotopic (exact) mass is 252 g/mol. The van der Waals surface area contributed by atoms with Gasteiger partial charge in [0.15, 0.2) is 0 Å². The molecular weight excluding hydrogens is 236 g/mol. The second kappa shape index (κ2) is 7.23. The number of anilines is 1. The number of aromatic nitrogens is 1. The lowest BCUT2D eigenvalue weighted by Crippen LogP contribution is -2.29. The van der Waals surface area contributed by atoms with Gasteiger partial charge < -0.3 is 21.1 Å². The number of hydrogen-bond donors (Lipinski definition) is 3. The lowest BCUT2D eigenvalue weighted by molar-refractivity contribution is -0.122. The molecule has 7 heteroatoms. The van der Waals surface area contributed by atoms with Crippen molar-refractivity contribution < 1.29 is 14.3 Å². The van der Waals surface area contributed by atoms with Gasteiger partial charge in [-0.1, -0.05) is 0 Å². The molecule has 0 unspecified atom stereocenters. The Balaban J connectivity index is 2.29. The summed E-state index contributed by atoms with van der Waals surface area (Å²) in [7, 11) is 1.77. The van der Waals surface area contributed by atoms with Crippen molar-refractivity contribution in [3.8, 4) is 0 Å². The highest BCUT2D eigenvalue weighted by Gasteiger charge is 2.05. The molecule has 1 rings (SSSR count).